The molecule has 4 aromatic rings. The van der Waals surface area contributed by atoms with Crippen molar-refractivity contribution < 1.29 is 14.3 Å². The normalized spacial score (nSPS) is 12.2. The van der Waals surface area contributed by atoms with Gasteiger partial charge in [0, 0.05) is 12.4 Å². The number of carbonyl (C=O) groups is 1. The standard InChI is InChI=1S/C29H32N4O4/c1-6-36-23-15-13-22(14-16-23)33-26(31-25-12-8-7-11-24(25)27(33)34)20(2)32(28(35)37-29(3,4)5)19-21-10-9-17-30-18-21/h7-18,20H,6,19H2,1-5H3. The summed E-state index contributed by atoms with van der Waals surface area (Å²) < 4.78 is 12.9. The molecule has 0 spiro atoms. The number of carbonyl (C=O) groups excluding carboxylic acids is 1. The third kappa shape index (κ3) is 5.97. The lowest BCUT2D eigenvalue weighted by Gasteiger charge is -2.32. The maximum atomic E-state index is 13.8. The molecule has 0 radical (unpaired) electrons. The zero-order chi connectivity index (χ0) is 26.6. The van der Waals surface area contributed by atoms with Crippen molar-refractivity contribution >= 4 is 17.0 Å². The summed E-state index contributed by atoms with van der Waals surface area (Å²) >= 11 is 0. The first kappa shape index (κ1) is 25.9. The molecule has 0 N–H and O–H groups in total. The van der Waals surface area contributed by atoms with E-state index in [0.717, 1.165) is 5.56 Å². The number of hydrogen-bond donors (Lipinski definition) is 0. The van der Waals surface area contributed by atoms with Crippen LogP contribution >= 0.6 is 0 Å². The van der Waals surface area contributed by atoms with Gasteiger partial charge >= 0.3 is 6.09 Å². The first-order valence-corrected chi connectivity index (χ1v) is 12.3. The lowest BCUT2D eigenvalue weighted by Crippen LogP contribution is -2.40. The van der Waals surface area contributed by atoms with Crippen LogP contribution < -0.4 is 10.3 Å². The fourth-order valence-corrected chi connectivity index (χ4v) is 4.05. The Bertz CT molecular complexity index is 1430. The van der Waals surface area contributed by atoms with Gasteiger partial charge in [-0.1, -0.05) is 18.2 Å². The Labute approximate surface area is 216 Å². The van der Waals surface area contributed by atoms with E-state index in [9.17, 15) is 9.59 Å². The Kier molecular flexibility index (Phi) is 7.57. The van der Waals surface area contributed by atoms with Gasteiger partial charge in [-0.15, -0.1) is 0 Å². The zero-order valence-electron chi connectivity index (χ0n) is 21.8. The van der Waals surface area contributed by atoms with Gasteiger partial charge < -0.3 is 9.47 Å². The lowest BCUT2D eigenvalue weighted by atomic mass is 10.1. The topological polar surface area (TPSA) is 86.6 Å². The average molecular weight is 501 g/mol. The van der Waals surface area contributed by atoms with Crippen LogP contribution in [0.4, 0.5) is 4.79 Å². The maximum absolute atomic E-state index is 13.8. The molecule has 0 bridgehead atoms. The molecular formula is C29H32N4O4. The van der Waals surface area contributed by atoms with Crippen LogP contribution in [0.3, 0.4) is 0 Å². The minimum absolute atomic E-state index is 0.220. The van der Waals surface area contributed by atoms with E-state index in [-0.39, 0.29) is 12.1 Å². The zero-order valence-corrected chi connectivity index (χ0v) is 21.8. The monoisotopic (exact) mass is 500 g/mol. The predicted molar refractivity (Wildman–Crippen MR) is 143 cm³/mol. The van der Waals surface area contributed by atoms with E-state index in [2.05, 4.69) is 4.98 Å². The first-order chi connectivity index (χ1) is 17.7. The molecule has 2 heterocycles. The van der Waals surface area contributed by atoms with E-state index in [4.69, 9.17) is 14.5 Å². The predicted octanol–water partition coefficient (Wildman–Crippen LogP) is 5.68. The number of nitrogens with zero attached hydrogens (tertiary/aromatic N) is 4. The van der Waals surface area contributed by atoms with Crippen LogP contribution in [0.15, 0.2) is 77.9 Å². The van der Waals surface area contributed by atoms with E-state index in [1.165, 1.54) is 0 Å². The third-order valence-corrected chi connectivity index (χ3v) is 5.75. The second-order valence-electron chi connectivity index (χ2n) is 9.70. The number of aromatic nitrogens is 3. The molecule has 2 aromatic carbocycles. The van der Waals surface area contributed by atoms with Crippen LogP contribution in [-0.4, -0.2) is 37.7 Å². The van der Waals surface area contributed by atoms with Crippen molar-refractivity contribution in [2.75, 3.05) is 6.61 Å². The molecule has 1 unspecified atom stereocenters. The molecule has 4 rings (SSSR count). The van der Waals surface area contributed by atoms with Crippen molar-refractivity contribution in [2.45, 2.75) is 52.8 Å². The van der Waals surface area contributed by atoms with Gasteiger partial charge in [0.1, 0.15) is 17.2 Å². The maximum Gasteiger partial charge on any atom is 0.411 e. The van der Waals surface area contributed by atoms with Crippen molar-refractivity contribution in [3.8, 4) is 11.4 Å². The Hall–Kier alpha value is -4.20. The minimum Gasteiger partial charge on any atom is -0.494 e. The molecule has 37 heavy (non-hydrogen) atoms. The van der Waals surface area contributed by atoms with Crippen molar-refractivity contribution in [1.82, 2.24) is 19.4 Å². The van der Waals surface area contributed by atoms with Crippen LogP contribution in [0.5, 0.6) is 5.75 Å². The summed E-state index contributed by atoms with van der Waals surface area (Å²) in [5.41, 5.74) is 1.09. The van der Waals surface area contributed by atoms with E-state index < -0.39 is 17.7 Å². The van der Waals surface area contributed by atoms with E-state index in [1.54, 1.807) is 34.0 Å². The summed E-state index contributed by atoms with van der Waals surface area (Å²) in [6, 6.07) is 17.6. The van der Waals surface area contributed by atoms with Gasteiger partial charge in [-0.3, -0.25) is 19.2 Å². The van der Waals surface area contributed by atoms with Crippen LogP contribution in [0.1, 0.15) is 52.0 Å². The molecule has 0 fully saturated rings. The molecule has 0 aliphatic carbocycles. The van der Waals surface area contributed by atoms with Gasteiger partial charge in [0.15, 0.2) is 0 Å². The number of para-hydroxylation sites is 1. The number of rotatable bonds is 7. The number of amides is 1. The first-order valence-electron chi connectivity index (χ1n) is 12.3. The highest BCUT2D eigenvalue weighted by Crippen LogP contribution is 2.27. The second-order valence-corrected chi connectivity index (χ2v) is 9.70. The molecule has 1 atom stereocenters. The second kappa shape index (κ2) is 10.8. The smallest absolute Gasteiger partial charge is 0.411 e. The Morgan fingerprint density at radius 1 is 1.05 bits per heavy atom. The van der Waals surface area contributed by atoms with Crippen molar-refractivity contribution in [2.24, 2.45) is 0 Å². The molecule has 0 saturated heterocycles. The molecule has 1 amide bonds. The Morgan fingerprint density at radius 3 is 2.43 bits per heavy atom. The Morgan fingerprint density at radius 2 is 1.78 bits per heavy atom. The fraction of sp³-hybridized carbons (Fsp3) is 0.310. The lowest BCUT2D eigenvalue weighted by molar-refractivity contribution is 0.0143. The molecule has 0 saturated carbocycles. The van der Waals surface area contributed by atoms with Gasteiger partial charge in [0.25, 0.3) is 5.56 Å². The Balaban J connectivity index is 1.87. The van der Waals surface area contributed by atoms with Gasteiger partial charge in [0.05, 0.1) is 35.8 Å². The average Bonchev–Trinajstić information content (AvgIpc) is 2.87. The van der Waals surface area contributed by atoms with E-state index in [1.807, 2.05) is 83.1 Å². The summed E-state index contributed by atoms with van der Waals surface area (Å²) in [6.45, 7) is 10.0. The third-order valence-electron chi connectivity index (χ3n) is 5.75. The van der Waals surface area contributed by atoms with Crippen LogP contribution in [-0.2, 0) is 11.3 Å². The highest BCUT2D eigenvalue weighted by Gasteiger charge is 2.30. The van der Waals surface area contributed by atoms with Crippen molar-refractivity contribution in [1.29, 1.82) is 0 Å². The molecule has 192 valence electrons. The summed E-state index contributed by atoms with van der Waals surface area (Å²) in [5.74, 6) is 1.12. The SMILES string of the molecule is CCOc1ccc(-n2c(C(C)N(Cc3cccnc3)C(=O)OC(C)(C)C)nc3ccccc3c2=O)cc1. The van der Waals surface area contributed by atoms with Crippen LogP contribution in [0, 0.1) is 0 Å². The molecule has 0 aliphatic rings. The number of ether oxygens (including phenoxy) is 2. The van der Waals surface area contributed by atoms with Crippen molar-refractivity contribution in [3.63, 3.8) is 0 Å². The summed E-state index contributed by atoms with van der Waals surface area (Å²) in [4.78, 5) is 37.9. The van der Waals surface area contributed by atoms with Gasteiger partial charge in [-0.2, -0.15) is 0 Å². The molecule has 2 aromatic heterocycles. The highest BCUT2D eigenvalue weighted by molar-refractivity contribution is 5.78. The summed E-state index contributed by atoms with van der Waals surface area (Å²) in [5, 5.41) is 0.489. The van der Waals surface area contributed by atoms with Gasteiger partial charge in [0.2, 0.25) is 0 Å². The summed E-state index contributed by atoms with van der Waals surface area (Å²) in [6.07, 6.45) is 2.88. The molecule has 8 nitrogen and oxygen atoms in total. The molecule has 0 aliphatic heterocycles. The van der Waals surface area contributed by atoms with E-state index >= 15 is 0 Å². The number of hydrogen-bond acceptors (Lipinski definition) is 6. The van der Waals surface area contributed by atoms with Gasteiger partial charge in [-0.25, -0.2) is 9.78 Å². The quantitative estimate of drug-likeness (QED) is 0.325. The number of fused-ring (bicyclic) bond motifs is 1. The van der Waals surface area contributed by atoms with Crippen LogP contribution in [0.25, 0.3) is 16.6 Å². The molecule has 8 heteroatoms. The van der Waals surface area contributed by atoms with E-state index in [0.29, 0.717) is 34.8 Å². The highest BCUT2D eigenvalue weighted by atomic mass is 16.6. The summed E-state index contributed by atoms with van der Waals surface area (Å²) in [7, 11) is 0. The fourth-order valence-electron chi connectivity index (χ4n) is 4.05. The largest absolute Gasteiger partial charge is 0.494 e. The van der Waals surface area contributed by atoms with Crippen LogP contribution in [0.2, 0.25) is 0 Å². The number of pyridine rings is 1. The minimum atomic E-state index is -0.699. The van der Waals surface area contributed by atoms with Gasteiger partial charge in [-0.05, 0) is 82.6 Å². The molecular weight excluding hydrogens is 468 g/mol. The number of benzene rings is 2. The van der Waals surface area contributed by atoms with Crippen molar-refractivity contribution in [3.05, 3.63) is 94.8 Å².